The molecule has 0 radical (unpaired) electrons. The van der Waals surface area contributed by atoms with E-state index in [0.29, 0.717) is 30.6 Å². The molecule has 0 bridgehead atoms. The number of aliphatic imine (C=N–C) groups is 1. The van der Waals surface area contributed by atoms with Crippen molar-refractivity contribution in [1.82, 2.24) is 15.6 Å². The molecule has 1 heterocycles. The molecule has 0 aliphatic heterocycles. The molecule has 0 spiro atoms. The zero-order valence-corrected chi connectivity index (χ0v) is 19.8. The highest BCUT2D eigenvalue weighted by atomic mass is 127. The largest absolute Gasteiger partial charge is 0.444 e. The molecule has 1 aromatic heterocycles. The molecule has 0 saturated carbocycles. The highest BCUT2D eigenvalue weighted by molar-refractivity contribution is 14.0. The fourth-order valence-electron chi connectivity index (χ4n) is 2.65. The van der Waals surface area contributed by atoms with Gasteiger partial charge in [-0.25, -0.2) is 13.4 Å². The van der Waals surface area contributed by atoms with Crippen LogP contribution < -0.4 is 15.4 Å². The Bertz CT molecular complexity index is 1080. The average Bonchev–Trinajstić information content (AvgIpc) is 3.18. The predicted molar refractivity (Wildman–Crippen MR) is 129 cm³/mol. The smallest absolute Gasteiger partial charge is 0.229 e. The van der Waals surface area contributed by atoms with Crippen LogP contribution in [0.1, 0.15) is 11.3 Å². The first kappa shape index (κ1) is 23.7. The lowest BCUT2D eigenvalue weighted by molar-refractivity contribution is 0.572. The van der Waals surface area contributed by atoms with Crippen molar-refractivity contribution in [2.45, 2.75) is 13.1 Å². The first-order chi connectivity index (χ1) is 13.9. The number of rotatable bonds is 7. The number of benzene rings is 2. The Morgan fingerprint density at radius 2 is 1.70 bits per heavy atom. The number of guanidine groups is 1. The summed E-state index contributed by atoms with van der Waals surface area (Å²) in [5, 5.41) is 6.33. The summed E-state index contributed by atoms with van der Waals surface area (Å²) in [6.07, 6.45) is 2.73. The first-order valence-corrected chi connectivity index (χ1v) is 10.8. The minimum Gasteiger partial charge on any atom is -0.444 e. The number of sulfonamides is 1. The third kappa shape index (κ3) is 7.02. The molecule has 30 heavy (non-hydrogen) atoms. The maximum Gasteiger partial charge on any atom is 0.229 e. The Labute approximate surface area is 193 Å². The van der Waals surface area contributed by atoms with E-state index in [0.717, 1.165) is 23.1 Å². The normalized spacial score (nSPS) is 11.5. The Balaban J connectivity index is 0.00000320. The van der Waals surface area contributed by atoms with Crippen molar-refractivity contribution in [3.05, 3.63) is 72.1 Å². The maximum atomic E-state index is 11.5. The Hall–Kier alpha value is -2.60. The van der Waals surface area contributed by atoms with E-state index in [4.69, 9.17) is 4.42 Å². The minimum absolute atomic E-state index is 0. The first-order valence-electron chi connectivity index (χ1n) is 8.94. The van der Waals surface area contributed by atoms with Gasteiger partial charge < -0.3 is 15.1 Å². The summed E-state index contributed by atoms with van der Waals surface area (Å²) in [6.45, 7) is 0.825. The SMILES string of the molecule is CN=C(NCc1coc(-c2ccccc2)n1)NCc1ccccc1NS(C)(=O)=O.I. The number of halogens is 1. The van der Waals surface area contributed by atoms with Crippen LogP contribution in [-0.4, -0.2) is 32.7 Å². The third-order valence-corrected chi connectivity index (χ3v) is 4.58. The van der Waals surface area contributed by atoms with E-state index in [1.165, 1.54) is 0 Å². The van der Waals surface area contributed by atoms with Crippen LogP contribution in [0.2, 0.25) is 0 Å². The van der Waals surface area contributed by atoms with E-state index >= 15 is 0 Å². The molecule has 0 saturated heterocycles. The van der Waals surface area contributed by atoms with Crippen LogP contribution >= 0.6 is 24.0 Å². The van der Waals surface area contributed by atoms with Crippen molar-refractivity contribution in [3.8, 4) is 11.5 Å². The Morgan fingerprint density at radius 1 is 1.03 bits per heavy atom. The van der Waals surface area contributed by atoms with Gasteiger partial charge in [-0.05, 0) is 23.8 Å². The standard InChI is InChI=1S/C20H23N5O3S.HI/c1-21-20(22-12-16-10-6-7-11-18(16)25-29(2,26)27)23-13-17-14-28-19(24-17)15-8-4-3-5-9-15;/h3-11,14,25H,12-13H2,1-2H3,(H2,21,22,23);1H. The van der Waals surface area contributed by atoms with Crippen molar-refractivity contribution in [3.63, 3.8) is 0 Å². The molecule has 10 heteroatoms. The van der Waals surface area contributed by atoms with Crippen molar-refractivity contribution in [1.29, 1.82) is 0 Å². The summed E-state index contributed by atoms with van der Waals surface area (Å²) in [7, 11) is -1.69. The number of anilines is 1. The van der Waals surface area contributed by atoms with Crippen LogP contribution in [0.3, 0.4) is 0 Å². The number of nitrogens with one attached hydrogen (secondary N) is 3. The highest BCUT2D eigenvalue weighted by Crippen LogP contribution is 2.18. The zero-order chi connectivity index (χ0) is 20.7. The monoisotopic (exact) mass is 541 g/mol. The van der Waals surface area contributed by atoms with Gasteiger partial charge in [-0.15, -0.1) is 24.0 Å². The molecular weight excluding hydrogens is 517 g/mol. The lowest BCUT2D eigenvalue weighted by atomic mass is 10.2. The summed E-state index contributed by atoms with van der Waals surface area (Å²) < 4.78 is 31.1. The van der Waals surface area contributed by atoms with Crippen LogP contribution in [0.25, 0.3) is 11.5 Å². The summed E-state index contributed by atoms with van der Waals surface area (Å²) in [5.74, 6) is 1.12. The molecule has 8 nitrogen and oxygen atoms in total. The minimum atomic E-state index is -3.35. The summed E-state index contributed by atoms with van der Waals surface area (Å²) >= 11 is 0. The van der Waals surface area contributed by atoms with Crippen LogP contribution in [-0.2, 0) is 23.1 Å². The third-order valence-electron chi connectivity index (χ3n) is 3.99. The second-order valence-corrected chi connectivity index (χ2v) is 8.07. The summed E-state index contributed by atoms with van der Waals surface area (Å²) in [4.78, 5) is 8.66. The van der Waals surface area contributed by atoms with Crippen molar-refractivity contribution in [2.75, 3.05) is 18.0 Å². The van der Waals surface area contributed by atoms with Crippen molar-refractivity contribution < 1.29 is 12.8 Å². The molecule has 0 atom stereocenters. The van der Waals surface area contributed by atoms with Gasteiger partial charge in [0.2, 0.25) is 15.9 Å². The number of nitrogens with zero attached hydrogens (tertiary/aromatic N) is 2. The average molecular weight is 541 g/mol. The van der Waals surface area contributed by atoms with Crippen molar-refractivity contribution in [2.24, 2.45) is 4.99 Å². The van der Waals surface area contributed by atoms with E-state index in [9.17, 15) is 8.42 Å². The lowest BCUT2D eigenvalue weighted by Crippen LogP contribution is -2.36. The van der Waals surface area contributed by atoms with Gasteiger partial charge in [0.1, 0.15) is 6.26 Å². The van der Waals surface area contributed by atoms with Gasteiger partial charge in [-0.1, -0.05) is 36.4 Å². The molecule has 2 aromatic carbocycles. The molecule has 3 rings (SSSR count). The topological polar surface area (TPSA) is 109 Å². The zero-order valence-electron chi connectivity index (χ0n) is 16.6. The molecule has 0 unspecified atom stereocenters. The Morgan fingerprint density at radius 3 is 2.40 bits per heavy atom. The van der Waals surface area contributed by atoms with Gasteiger partial charge >= 0.3 is 0 Å². The lowest BCUT2D eigenvalue weighted by Gasteiger charge is -2.14. The number of aromatic nitrogens is 1. The quantitative estimate of drug-likeness (QED) is 0.241. The van der Waals surface area contributed by atoms with Gasteiger partial charge in [0, 0.05) is 19.2 Å². The highest BCUT2D eigenvalue weighted by Gasteiger charge is 2.09. The Kier molecular flexibility index (Phi) is 8.66. The molecular formula is C20H24IN5O3S. The molecule has 0 aliphatic rings. The van der Waals surface area contributed by atoms with Crippen LogP contribution in [0.5, 0.6) is 0 Å². The maximum absolute atomic E-state index is 11.5. The molecule has 0 aliphatic carbocycles. The van der Waals surface area contributed by atoms with Gasteiger partial charge in [0.15, 0.2) is 5.96 Å². The van der Waals surface area contributed by atoms with Gasteiger partial charge in [-0.3, -0.25) is 9.71 Å². The molecule has 3 N–H and O–H groups in total. The van der Waals surface area contributed by atoms with E-state index in [2.05, 4.69) is 25.3 Å². The number of hydrogen-bond donors (Lipinski definition) is 3. The van der Waals surface area contributed by atoms with Crippen LogP contribution in [0, 0.1) is 0 Å². The second kappa shape index (κ2) is 11.0. The summed E-state index contributed by atoms with van der Waals surface area (Å²) in [5.41, 5.74) is 2.98. The van der Waals surface area contributed by atoms with E-state index in [1.54, 1.807) is 25.4 Å². The van der Waals surface area contributed by atoms with Crippen LogP contribution in [0.4, 0.5) is 5.69 Å². The number of oxazole rings is 1. The van der Waals surface area contributed by atoms with Gasteiger partial charge in [0.25, 0.3) is 0 Å². The van der Waals surface area contributed by atoms with Gasteiger partial charge in [-0.2, -0.15) is 0 Å². The second-order valence-electron chi connectivity index (χ2n) is 6.32. The summed E-state index contributed by atoms with van der Waals surface area (Å²) in [6, 6.07) is 16.9. The van der Waals surface area contributed by atoms with E-state index < -0.39 is 10.0 Å². The van der Waals surface area contributed by atoms with Crippen molar-refractivity contribution >= 4 is 45.6 Å². The molecule has 0 fully saturated rings. The molecule has 3 aromatic rings. The fourth-order valence-corrected chi connectivity index (χ4v) is 3.25. The van der Waals surface area contributed by atoms with E-state index in [-0.39, 0.29) is 24.0 Å². The molecule has 0 amide bonds. The van der Waals surface area contributed by atoms with E-state index in [1.807, 2.05) is 42.5 Å². The van der Waals surface area contributed by atoms with Crippen LogP contribution in [0.15, 0.2) is 70.3 Å². The number of para-hydroxylation sites is 1. The van der Waals surface area contributed by atoms with Gasteiger partial charge in [0.05, 0.1) is 24.2 Å². The molecule has 160 valence electrons. The fraction of sp³-hybridized carbons (Fsp3) is 0.200. The predicted octanol–water partition coefficient (Wildman–Crippen LogP) is 3.20. The number of hydrogen-bond acceptors (Lipinski definition) is 5.